The summed E-state index contributed by atoms with van der Waals surface area (Å²) in [6.45, 7) is 9.92. The summed E-state index contributed by atoms with van der Waals surface area (Å²) < 4.78 is 11.9. The number of ether oxygens (including phenoxy) is 2. The van der Waals surface area contributed by atoms with Crippen molar-refractivity contribution in [3.63, 3.8) is 0 Å². The smallest absolute Gasteiger partial charge is 0.303 e. The molecule has 3 N–H and O–H groups in total. The third-order valence-electron chi connectivity index (χ3n) is 7.94. The van der Waals surface area contributed by atoms with E-state index < -0.39 is 11.4 Å². The number of carbonyl (C=O) groups is 3. The Kier molecular flexibility index (Phi) is 9.82. The first-order chi connectivity index (χ1) is 20.9. The van der Waals surface area contributed by atoms with E-state index in [9.17, 15) is 19.6 Å². The first kappa shape index (κ1) is 32.3. The molecule has 0 aliphatic carbocycles. The van der Waals surface area contributed by atoms with Gasteiger partial charge in [-0.15, -0.1) is 0 Å². The van der Waals surface area contributed by atoms with Gasteiger partial charge in [0.25, 0.3) is 5.91 Å². The molecule has 2 aliphatic rings. The van der Waals surface area contributed by atoms with Crippen LogP contribution in [-0.4, -0.2) is 73.4 Å². The predicted molar refractivity (Wildman–Crippen MR) is 166 cm³/mol. The highest BCUT2D eigenvalue weighted by molar-refractivity contribution is 6.08. The fraction of sp³-hybridized carbons (Fsp3) is 0.485. The Morgan fingerprint density at radius 1 is 1.18 bits per heavy atom. The Balaban J connectivity index is 1.67. The Bertz CT molecular complexity index is 1510. The Labute approximate surface area is 258 Å². The van der Waals surface area contributed by atoms with E-state index in [1.165, 1.54) is 7.05 Å². The molecule has 1 unspecified atom stereocenters. The number of anilines is 1. The number of nitrogens with zero attached hydrogens (tertiary/aromatic N) is 3. The van der Waals surface area contributed by atoms with E-state index in [-0.39, 0.29) is 43.0 Å². The lowest BCUT2D eigenvalue weighted by Crippen LogP contribution is -2.31. The maximum atomic E-state index is 13.9. The summed E-state index contributed by atoms with van der Waals surface area (Å²) in [5, 5.41) is 30.1. The summed E-state index contributed by atoms with van der Waals surface area (Å²) in [7, 11) is 1.54. The van der Waals surface area contributed by atoms with Crippen LogP contribution < -0.4 is 19.7 Å². The fourth-order valence-corrected chi connectivity index (χ4v) is 5.62. The fourth-order valence-electron chi connectivity index (χ4n) is 5.62. The normalized spacial score (nSPS) is 16.0. The number of aliphatic carboxylic acids is 1. The highest BCUT2D eigenvalue weighted by Crippen LogP contribution is 2.42. The van der Waals surface area contributed by atoms with Crippen molar-refractivity contribution in [2.45, 2.75) is 58.9 Å². The second-order valence-electron chi connectivity index (χ2n) is 12.2. The maximum absolute atomic E-state index is 13.9. The summed E-state index contributed by atoms with van der Waals surface area (Å²) in [6.07, 6.45) is 1.02. The van der Waals surface area contributed by atoms with Gasteiger partial charge in [0.15, 0.2) is 5.78 Å². The van der Waals surface area contributed by atoms with E-state index in [1.54, 1.807) is 23.1 Å². The van der Waals surface area contributed by atoms with Gasteiger partial charge in [0, 0.05) is 49.8 Å². The van der Waals surface area contributed by atoms with Crippen LogP contribution in [0.3, 0.4) is 0 Å². The topological polar surface area (TPSA) is 156 Å². The van der Waals surface area contributed by atoms with Gasteiger partial charge < -0.3 is 29.7 Å². The van der Waals surface area contributed by atoms with Crippen LogP contribution in [0.25, 0.3) is 0 Å². The van der Waals surface area contributed by atoms with Crippen LogP contribution >= 0.6 is 0 Å². The zero-order valence-electron chi connectivity index (χ0n) is 26.1. The van der Waals surface area contributed by atoms with Crippen molar-refractivity contribution >= 4 is 29.2 Å². The van der Waals surface area contributed by atoms with Crippen molar-refractivity contribution in [3.05, 3.63) is 52.1 Å². The van der Waals surface area contributed by atoms with Gasteiger partial charge in [0.05, 0.1) is 43.0 Å². The van der Waals surface area contributed by atoms with Gasteiger partial charge in [0.2, 0.25) is 0 Å². The average Bonchev–Trinajstić information content (AvgIpc) is 3.58. The number of nitriles is 1. The number of hydrogen-bond donors (Lipinski definition) is 3. The van der Waals surface area contributed by atoms with Crippen molar-refractivity contribution in [2.24, 2.45) is 5.92 Å². The van der Waals surface area contributed by atoms with Gasteiger partial charge in [-0.05, 0) is 55.0 Å². The number of benzene rings is 2. The molecule has 2 heterocycles. The maximum Gasteiger partial charge on any atom is 0.303 e. The van der Waals surface area contributed by atoms with Crippen LogP contribution in [0.1, 0.15) is 84.4 Å². The number of rotatable bonds is 12. The number of carbonyl (C=O) groups excluding carboxylic acids is 2. The molecule has 234 valence electrons. The van der Waals surface area contributed by atoms with Crippen molar-refractivity contribution < 1.29 is 29.0 Å². The molecular weight excluding hydrogens is 562 g/mol. The lowest BCUT2D eigenvalue weighted by molar-refractivity contribution is -0.137. The Hall–Kier alpha value is -4.59. The van der Waals surface area contributed by atoms with Crippen molar-refractivity contribution in [1.29, 1.82) is 10.7 Å². The minimum atomic E-state index is -0.893. The number of hydrogen-bond acceptors (Lipinski definition) is 8. The van der Waals surface area contributed by atoms with E-state index in [1.807, 2.05) is 33.8 Å². The monoisotopic (exact) mass is 603 g/mol. The number of fused-ring (bicyclic) bond motifs is 1. The van der Waals surface area contributed by atoms with Crippen LogP contribution in [0.2, 0.25) is 0 Å². The van der Waals surface area contributed by atoms with Gasteiger partial charge in [-0.1, -0.05) is 20.8 Å². The number of nitrogens with one attached hydrogen (secondary N) is 2. The third-order valence-corrected chi connectivity index (χ3v) is 7.94. The highest BCUT2D eigenvalue weighted by atomic mass is 16.5. The summed E-state index contributed by atoms with van der Waals surface area (Å²) in [6, 6.07) is 9.39. The van der Waals surface area contributed by atoms with Crippen LogP contribution in [0.5, 0.6) is 11.5 Å². The second-order valence-corrected chi connectivity index (χ2v) is 12.2. The quantitative estimate of drug-likeness (QED) is 0.237. The summed E-state index contributed by atoms with van der Waals surface area (Å²) in [5.74, 6) is -0.331. The molecule has 0 bridgehead atoms. The molecule has 0 radical (unpaired) electrons. The summed E-state index contributed by atoms with van der Waals surface area (Å²) >= 11 is 0. The number of carboxylic acid groups (broad SMARTS) is 1. The van der Waals surface area contributed by atoms with Gasteiger partial charge >= 0.3 is 5.97 Å². The number of ketones is 1. The van der Waals surface area contributed by atoms with Crippen molar-refractivity contribution in [1.82, 2.24) is 10.2 Å². The lowest BCUT2D eigenvalue weighted by Gasteiger charge is -2.30. The zero-order chi connectivity index (χ0) is 32.2. The van der Waals surface area contributed by atoms with E-state index >= 15 is 0 Å². The standard InChI is InChI=1S/C33H41N5O6/c1-6-43-28-14-22-18-38(31(35)23(22)15-24(28)32(42)36-5)19-27(39)21-12-25(33(2,3)4)30(44-11-7-8-29(40)41)26(13-21)37-10-9-20(16-34)17-37/h12-15,20,35H,6-11,17-19H2,1-5H3,(H,36,42)(H,40,41). The lowest BCUT2D eigenvalue weighted by atomic mass is 9.84. The second kappa shape index (κ2) is 13.4. The van der Waals surface area contributed by atoms with Gasteiger partial charge in [0.1, 0.15) is 17.3 Å². The molecule has 0 aromatic heterocycles. The minimum Gasteiger partial charge on any atom is -0.493 e. The Morgan fingerprint density at radius 3 is 2.55 bits per heavy atom. The number of amidine groups is 1. The molecule has 0 saturated carbocycles. The number of carboxylic acids is 1. The highest BCUT2D eigenvalue weighted by Gasteiger charge is 2.33. The van der Waals surface area contributed by atoms with E-state index in [2.05, 4.69) is 16.3 Å². The largest absolute Gasteiger partial charge is 0.493 e. The van der Waals surface area contributed by atoms with E-state index in [4.69, 9.17) is 20.0 Å². The molecule has 1 atom stereocenters. The molecule has 1 saturated heterocycles. The molecule has 1 fully saturated rings. The molecule has 11 nitrogen and oxygen atoms in total. The SMILES string of the molecule is CCOc1cc2c(cc1C(=O)NC)C(=N)N(CC(=O)c1cc(N3CCC(C#N)C3)c(OCCCC(=O)O)c(C(C)(C)C)c1)C2. The molecular formula is C33H41N5O6. The molecule has 4 rings (SSSR count). The molecule has 1 amide bonds. The van der Waals surface area contributed by atoms with Crippen LogP contribution in [0.4, 0.5) is 5.69 Å². The molecule has 44 heavy (non-hydrogen) atoms. The molecule has 0 spiro atoms. The molecule has 2 aromatic rings. The average molecular weight is 604 g/mol. The molecule has 2 aromatic carbocycles. The van der Waals surface area contributed by atoms with Crippen LogP contribution in [0, 0.1) is 22.7 Å². The van der Waals surface area contributed by atoms with E-state index in [0.29, 0.717) is 73.0 Å². The number of amides is 1. The van der Waals surface area contributed by atoms with Crippen molar-refractivity contribution in [2.75, 3.05) is 44.8 Å². The van der Waals surface area contributed by atoms with Crippen LogP contribution in [0.15, 0.2) is 24.3 Å². The first-order valence-corrected chi connectivity index (χ1v) is 14.9. The van der Waals surface area contributed by atoms with Gasteiger partial charge in [-0.25, -0.2) is 0 Å². The minimum absolute atomic E-state index is 0.0160. The summed E-state index contributed by atoms with van der Waals surface area (Å²) in [4.78, 5) is 41.2. The predicted octanol–water partition coefficient (Wildman–Crippen LogP) is 4.36. The van der Waals surface area contributed by atoms with E-state index in [0.717, 1.165) is 11.1 Å². The van der Waals surface area contributed by atoms with Crippen LogP contribution in [-0.2, 0) is 16.8 Å². The van der Waals surface area contributed by atoms with Gasteiger partial charge in [-0.3, -0.25) is 19.8 Å². The number of Topliss-reactive ketones (excluding diaryl/α,β-unsaturated/α-hetero) is 1. The molecule has 2 aliphatic heterocycles. The van der Waals surface area contributed by atoms with Gasteiger partial charge in [-0.2, -0.15) is 5.26 Å². The Morgan fingerprint density at radius 2 is 1.93 bits per heavy atom. The van der Waals surface area contributed by atoms with Crippen molar-refractivity contribution in [3.8, 4) is 17.6 Å². The first-order valence-electron chi connectivity index (χ1n) is 14.9. The third kappa shape index (κ3) is 6.96. The molecule has 11 heteroatoms. The zero-order valence-corrected chi connectivity index (χ0v) is 26.1. The summed E-state index contributed by atoms with van der Waals surface area (Å²) in [5.41, 5.74) is 3.30.